The normalized spacial score (nSPS) is 11.2. The Hall–Kier alpha value is -1.61. The summed E-state index contributed by atoms with van der Waals surface area (Å²) < 4.78 is 17.6. The fourth-order valence-electron chi connectivity index (χ4n) is 2.22. The van der Waals surface area contributed by atoms with Crippen molar-refractivity contribution in [2.45, 2.75) is 10.8 Å². The average Bonchev–Trinajstić information content (AvgIpc) is 3.20. The topological polar surface area (TPSA) is 51.6 Å². The van der Waals surface area contributed by atoms with Gasteiger partial charge >= 0.3 is 0 Å². The van der Waals surface area contributed by atoms with Crippen LogP contribution in [0, 0.1) is 5.82 Å². The number of rotatable bonds is 4. The standard InChI is InChI=1S/C15H8ClFN4S3/c16-13-11(20-21-24-13)6-23-15-12-10(5-22-14(12)18-7-19-15)8-1-3-9(17)4-2-8/h1-5,7H,6H2. The molecule has 0 saturated carbocycles. The number of hydrogen-bond acceptors (Lipinski definition) is 7. The van der Waals surface area contributed by atoms with Crippen molar-refractivity contribution < 1.29 is 4.39 Å². The van der Waals surface area contributed by atoms with Crippen LogP contribution in [0.1, 0.15) is 5.69 Å². The Morgan fingerprint density at radius 2 is 2.00 bits per heavy atom. The fraction of sp³-hybridized carbons (Fsp3) is 0.0667. The van der Waals surface area contributed by atoms with Gasteiger partial charge in [-0.25, -0.2) is 14.4 Å². The highest BCUT2D eigenvalue weighted by molar-refractivity contribution is 7.98. The van der Waals surface area contributed by atoms with E-state index in [1.54, 1.807) is 29.8 Å². The van der Waals surface area contributed by atoms with Gasteiger partial charge in [0.15, 0.2) is 0 Å². The van der Waals surface area contributed by atoms with Gasteiger partial charge in [-0.05, 0) is 17.7 Å². The molecule has 4 aromatic rings. The Labute approximate surface area is 153 Å². The Morgan fingerprint density at radius 3 is 2.75 bits per heavy atom. The third kappa shape index (κ3) is 3.02. The molecule has 0 spiro atoms. The highest BCUT2D eigenvalue weighted by atomic mass is 35.5. The van der Waals surface area contributed by atoms with Crippen molar-refractivity contribution in [3.05, 3.63) is 51.8 Å². The maximum absolute atomic E-state index is 13.2. The van der Waals surface area contributed by atoms with E-state index < -0.39 is 0 Å². The first-order valence-corrected chi connectivity index (χ1v) is 9.81. The third-order valence-electron chi connectivity index (χ3n) is 3.35. The maximum Gasteiger partial charge on any atom is 0.138 e. The Balaban J connectivity index is 1.74. The van der Waals surface area contributed by atoms with Gasteiger partial charge in [-0.1, -0.05) is 40.0 Å². The first-order valence-electron chi connectivity index (χ1n) is 6.80. The highest BCUT2D eigenvalue weighted by Crippen LogP contribution is 2.39. The molecule has 4 rings (SSSR count). The first-order chi connectivity index (χ1) is 11.7. The molecule has 24 heavy (non-hydrogen) atoms. The van der Waals surface area contributed by atoms with Crippen molar-refractivity contribution in [1.29, 1.82) is 0 Å². The van der Waals surface area contributed by atoms with Crippen LogP contribution in [-0.4, -0.2) is 19.6 Å². The summed E-state index contributed by atoms with van der Waals surface area (Å²) in [5.74, 6) is 0.329. The van der Waals surface area contributed by atoms with Crippen LogP contribution in [0.3, 0.4) is 0 Å². The third-order valence-corrected chi connectivity index (χ3v) is 6.22. The van der Waals surface area contributed by atoms with Crippen molar-refractivity contribution >= 4 is 56.4 Å². The summed E-state index contributed by atoms with van der Waals surface area (Å²) in [6.07, 6.45) is 1.55. The van der Waals surface area contributed by atoms with Crippen LogP contribution in [0.25, 0.3) is 21.3 Å². The summed E-state index contributed by atoms with van der Waals surface area (Å²) in [4.78, 5) is 9.64. The first kappa shape index (κ1) is 15.9. The highest BCUT2D eigenvalue weighted by Gasteiger charge is 2.15. The van der Waals surface area contributed by atoms with Crippen LogP contribution in [0.2, 0.25) is 4.34 Å². The molecule has 0 radical (unpaired) electrons. The van der Waals surface area contributed by atoms with Gasteiger partial charge in [-0.2, -0.15) is 0 Å². The number of fused-ring (bicyclic) bond motifs is 1. The van der Waals surface area contributed by atoms with Gasteiger partial charge in [0.25, 0.3) is 0 Å². The number of nitrogens with zero attached hydrogens (tertiary/aromatic N) is 4. The minimum Gasteiger partial charge on any atom is -0.229 e. The second kappa shape index (κ2) is 6.72. The van der Waals surface area contributed by atoms with Gasteiger partial charge in [0.1, 0.15) is 32.0 Å². The maximum atomic E-state index is 13.2. The zero-order valence-corrected chi connectivity index (χ0v) is 15.1. The zero-order valence-electron chi connectivity index (χ0n) is 11.9. The summed E-state index contributed by atoms with van der Waals surface area (Å²) in [5, 5.41) is 7.87. The summed E-state index contributed by atoms with van der Waals surface area (Å²) in [6, 6.07) is 6.44. The minimum absolute atomic E-state index is 0.255. The molecule has 4 nitrogen and oxygen atoms in total. The second-order valence-electron chi connectivity index (χ2n) is 4.80. The molecule has 3 aromatic heterocycles. The molecule has 0 N–H and O–H groups in total. The van der Waals surface area contributed by atoms with Gasteiger partial charge < -0.3 is 0 Å². The summed E-state index contributed by atoms with van der Waals surface area (Å²) >= 11 is 10.3. The zero-order chi connectivity index (χ0) is 16.5. The molecule has 0 aliphatic carbocycles. The van der Waals surface area contributed by atoms with Crippen molar-refractivity contribution in [1.82, 2.24) is 19.6 Å². The average molecular weight is 395 g/mol. The SMILES string of the molecule is Fc1ccc(-c2csc3ncnc(SCc4nnsc4Cl)c23)cc1. The summed E-state index contributed by atoms with van der Waals surface area (Å²) in [5.41, 5.74) is 2.69. The van der Waals surface area contributed by atoms with Crippen LogP contribution < -0.4 is 0 Å². The molecule has 0 fully saturated rings. The molecule has 3 heterocycles. The number of aromatic nitrogens is 4. The number of thioether (sulfide) groups is 1. The monoisotopic (exact) mass is 394 g/mol. The van der Waals surface area contributed by atoms with Crippen LogP contribution in [0.15, 0.2) is 41.0 Å². The molecule has 1 aromatic carbocycles. The molecule has 0 aliphatic rings. The molecule has 0 aliphatic heterocycles. The number of thiophene rings is 1. The van der Waals surface area contributed by atoms with Crippen LogP contribution >= 0.6 is 46.2 Å². The molecule has 0 saturated heterocycles. The lowest BCUT2D eigenvalue weighted by Gasteiger charge is -2.04. The molecule has 0 bridgehead atoms. The van der Waals surface area contributed by atoms with E-state index in [2.05, 4.69) is 19.6 Å². The molecule has 120 valence electrons. The van der Waals surface area contributed by atoms with E-state index in [4.69, 9.17) is 11.6 Å². The molecular weight excluding hydrogens is 387 g/mol. The van der Waals surface area contributed by atoms with Crippen LogP contribution in [-0.2, 0) is 5.75 Å². The Morgan fingerprint density at radius 1 is 1.17 bits per heavy atom. The molecular formula is C15H8ClFN4S3. The summed E-state index contributed by atoms with van der Waals surface area (Å²) in [6.45, 7) is 0. The predicted molar refractivity (Wildman–Crippen MR) is 97.3 cm³/mol. The lowest BCUT2D eigenvalue weighted by molar-refractivity contribution is 0.628. The van der Waals surface area contributed by atoms with E-state index in [1.165, 1.54) is 35.4 Å². The quantitative estimate of drug-likeness (QED) is 0.347. The molecule has 0 amide bonds. The van der Waals surface area contributed by atoms with E-state index >= 15 is 0 Å². The van der Waals surface area contributed by atoms with E-state index in [0.29, 0.717) is 10.1 Å². The lowest BCUT2D eigenvalue weighted by atomic mass is 10.1. The van der Waals surface area contributed by atoms with E-state index in [-0.39, 0.29) is 5.82 Å². The Kier molecular flexibility index (Phi) is 4.45. The van der Waals surface area contributed by atoms with Crippen molar-refractivity contribution in [3.63, 3.8) is 0 Å². The molecule has 0 unspecified atom stereocenters. The fourth-order valence-corrected chi connectivity index (χ4v) is 4.94. The van der Waals surface area contributed by atoms with Gasteiger partial charge in [-0.3, -0.25) is 0 Å². The van der Waals surface area contributed by atoms with Crippen molar-refractivity contribution in [2.75, 3.05) is 0 Å². The molecule has 9 heteroatoms. The largest absolute Gasteiger partial charge is 0.229 e. The van der Waals surface area contributed by atoms with Crippen LogP contribution in [0.5, 0.6) is 0 Å². The number of benzene rings is 1. The van der Waals surface area contributed by atoms with Gasteiger partial charge in [0.2, 0.25) is 0 Å². The van der Waals surface area contributed by atoms with Crippen LogP contribution in [0.4, 0.5) is 4.39 Å². The van der Waals surface area contributed by atoms with Crippen molar-refractivity contribution in [3.8, 4) is 11.1 Å². The number of hydrogen-bond donors (Lipinski definition) is 0. The summed E-state index contributed by atoms with van der Waals surface area (Å²) in [7, 11) is 0. The predicted octanol–water partition coefficient (Wildman–Crippen LogP) is 5.29. The Bertz CT molecular complexity index is 1000. The van der Waals surface area contributed by atoms with Gasteiger partial charge in [-0.15, -0.1) is 16.4 Å². The van der Waals surface area contributed by atoms with E-state index in [1.807, 2.05) is 5.38 Å². The minimum atomic E-state index is -0.255. The van der Waals surface area contributed by atoms with Crippen molar-refractivity contribution in [2.24, 2.45) is 0 Å². The second-order valence-corrected chi connectivity index (χ2v) is 7.98. The van der Waals surface area contributed by atoms with E-state index in [9.17, 15) is 4.39 Å². The van der Waals surface area contributed by atoms with Gasteiger partial charge in [0, 0.05) is 28.2 Å². The smallest absolute Gasteiger partial charge is 0.138 e. The number of halogens is 2. The molecule has 0 atom stereocenters. The van der Waals surface area contributed by atoms with E-state index in [0.717, 1.165) is 32.1 Å². The lowest BCUT2D eigenvalue weighted by Crippen LogP contribution is -1.88. The van der Waals surface area contributed by atoms with Gasteiger partial charge in [0.05, 0.1) is 5.39 Å².